The number of ether oxygens (including phenoxy) is 2. The monoisotopic (exact) mass is 348 g/mol. The van der Waals surface area contributed by atoms with Crippen molar-refractivity contribution in [1.29, 1.82) is 0 Å². The third-order valence-corrected chi connectivity index (χ3v) is 4.48. The lowest BCUT2D eigenvalue weighted by atomic mass is 9.98. The lowest BCUT2D eigenvalue weighted by Gasteiger charge is -2.39. The van der Waals surface area contributed by atoms with Crippen LogP contribution in [0.4, 0.5) is 0 Å². The molecule has 1 heterocycles. The molecule has 0 aromatic rings. The first-order valence-corrected chi connectivity index (χ1v) is 8.93. The maximum atomic E-state index is 12.2. The third-order valence-electron chi connectivity index (χ3n) is 4.48. The van der Waals surface area contributed by atoms with Gasteiger partial charge < -0.3 is 29.9 Å². The van der Waals surface area contributed by atoms with Crippen molar-refractivity contribution in [2.24, 2.45) is 5.92 Å². The first kappa shape index (κ1) is 21.3. The Bertz CT molecular complexity index is 361. The summed E-state index contributed by atoms with van der Waals surface area (Å²) >= 11 is 0. The normalized spacial score (nSPS) is 31.7. The van der Waals surface area contributed by atoms with Crippen molar-refractivity contribution in [3.63, 3.8) is 0 Å². The zero-order valence-corrected chi connectivity index (χ0v) is 14.6. The Balaban J connectivity index is 2.40. The summed E-state index contributed by atoms with van der Waals surface area (Å²) in [7, 11) is 0. The van der Waals surface area contributed by atoms with Gasteiger partial charge >= 0.3 is 5.97 Å². The van der Waals surface area contributed by atoms with E-state index in [9.17, 15) is 25.2 Å². The van der Waals surface area contributed by atoms with Crippen LogP contribution in [0.25, 0.3) is 0 Å². The number of aliphatic hydroxyl groups is 4. The molecule has 0 bridgehead atoms. The molecule has 0 aromatic carbocycles. The van der Waals surface area contributed by atoms with Crippen LogP contribution < -0.4 is 0 Å². The number of aliphatic hydroxyl groups excluding tert-OH is 4. The van der Waals surface area contributed by atoms with Gasteiger partial charge in [0.15, 0.2) is 12.4 Å². The van der Waals surface area contributed by atoms with Gasteiger partial charge in [-0.1, -0.05) is 52.4 Å². The zero-order chi connectivity index (χ0) is 18.1. The summed E-state index contributed by atoms with van der Waals surface area (Å²) in [5.41, 5.74) is 0. The molecule has 0 aromatic heterocycles. The molecule has 0 aliphatic carbocycles. The third kappa shape index (κ3) is 6.29. The van der Waals surface area contributed by atoms with E-state index < -0.39 is 43.3 Å². The predicted octanol–water partition coefficient (Wildman–Crippen LogP) is 0.716. The van der Waals surface area contributed by atoms with Crippen LogP contribution in [-0.4, -0.2) is 63.7 Å². The molecule has 6 atom stereocenters. The van der Waals surface area contributed by atoms with E-state index in [2.05, 4.69) is 6.92 Å². The highest BCUT2D eigenvalue weighted by Gasteiger charge is 2.46. The summed E-state index contributed by atoms with van der Waals surface area (Å²) in [6.45, 7) is 3.38. The average Bonchev–Trinajstić information content (AvgIpc) is 2.57. The van der Waals surface area contributed by atoms with Crippen LogP contribution in [0.3, 0.4) is 0 Å². The number of esters is 1. The largest absolute Gasteiger partial charge is 0.456 e. The van der Waals surface area contributed by atoms with Crippen LogP contribution in [0.2, 0.25) is 0 Å². The Morgan fingerprint density at radius 2 is 1.71 bits per heavy atom. The van der Waals surface area contributed by atoms with Crippen molar-refractivity contribution in [2.75, 3.05) is 6.61 Å². The van der Waals surface area contributed by atoms with Gasteiger partial charge in [0.05, 0.1) is 12.5 Å². The number of carbonyl (C=O) groups is 1. The Morgan fingerprint density at radius 3 is 2.33 bits per heavy atom. The molecule has 0 amide bonds. The van der Waals surface area contributed by atoms with Gasteiger partial charge in [-0.25, -0.2) is 0 Å². The van der Waals surface area contributed by atoms with Gasteiger partial charge in [0.2, 0.25) is 0 Å². The molecule has 7 nitrogen and oxygen atoms in total. The molecular weight excluding hydrogens is 316 g/mol. The molecule has 1 aliphatic heterocycles. The van der Waals surface area contributed by atoms with Crippen molar-refractivity contribution in [3.8, 4) is 0 Å². The molecule has 6 unspecified atom stereocenters. The molecule has 7 heteroatoms. The molecule has 142 valence electrons. The van der Waals surface area contributed by atoms with Crippen LogP contribution in [0.5, 0.6) is 0 Å². The quantitative estimate of drug-likeness (QED) is 0.339. The van der Waals surface area contributed by atoms with Gasteiger partial charge in [0, 0.05) is 0 Å². The van der Waals surface area contributed by atoms with Crippen molar-refractivity contribution in [3.05, 3.63) is 0 Å². The van der Waals surface area contributed by atoms with Gasteiger partial charge in [-0.2, -0.15) is 0 Å². The van der Waals surface area contributed by atoms with Gasteiger partial charge in [0.25, 0.3) is 0 Å². The number of unbranched alkanes of at least 4 members (excludes halogenated alkanes) is 5. The van der Waals surface area contributed by atoms with Crippen molar-refractivity contribution >= 4 is 5.97 Å². The summed E-state index contributed by atoms with van der Waals surface area (Å²) in [6.07, 6.45) is 0.491. The molecule has 0 saturated carbocycles. The maximum Gasteiger partial charge on any atom is 0.309 e. The Kier molecular flexibility index (Phi) is 9.76. The van der Waals surface area contributed by atoms with Gasteiger partial charge in [-0.15, -0.1) is 0 Å². The van der Waals surface area contributed by atoms with E-state index in [0.717, 1.165) is 19.3 Å². The van der Waals surface area contributed by atoms with E-state index in [1.54, 1.807) is 6.92 Å². The van der Waals surface area contributed by atoms with E-state index in [0.29, 0.717) is 6.42 Å². The second kappa shape index (κ2) is 11.0. The van der Waals surface area contributed by atoms with E-state index in [4.69, 9.17) is 9.47 Å². The first-order valence-electron chi connectivity index (χ1n) is 8.93. The lowest BCUT2D eigenvalue weighted by molar-refractivity contribution is -0.290. The molecule has 1 rings (SSSR count). The zero-order valence-electron chi connectivity index (χ0n) is 14.6. The van der Waals surface area contributed by atoms with Gasteiger partial charge in [0.1, 0.15) is 18.3 Å². The Hall–Kier alpha value is -0.730. The highest BCUT2D eigenvalue weighted by Crippen LogP contribution is 2.24. The first-order chi connectivity index (χ1) is 11.4. The van der Waals surface area contributed by atoms with Crippen molar-refractivity contribution in [1.82, 2.24) is 0 Å². The Morgan fingerprint density at radius 1 is 1.08 bits per heavy atom. The van der Waals surface area contributed by atoms with Crippen LogP contribution in [-0.2, 0) is 14.3 Å². The van der Waals surface area contributed by atoms with Crippen molar-refractivity contribution in [2.45, 2.75) is 89.5 Å². The fraction of sp³-hybridized carbons (Fsp3) is 0.941. The molecule has 24 heavy (non-hydrogen) atoms. The second-order valence-electron chi connectivity index (χ2n) is 6.59. The molecule has 0 radical (unpaired) electrons. The topological polar surface area (TPSA) is 116 Å². The highest BCUT2D eigenvalue weighted by atomic mass is 16.7. The highest BCUT2D eigenvalue weighted by molar-refractivity contribution is 5.72. The Labute approximate surface area is 143 Å². The van der Waals surface area contributed by atoms with Crippen LogP contribution in [0.1, 0.15) is 58.8 Å². The second-order valence-corrected chi connectivity index (χ2v) is 6.59. The number of hydrogen-bond acceptors (Lipinski definition) is 7. The summed E-state index contributed by atoms with van der Waals surface area (Å²) in [6, 6.07) is 0. The SMILES string of the molecule is CCCCCCCCC(C)C(=O)OC1C(CO)OC(O)C(O)C1O. The molecule has 1 fully saturated rings. The minimum absolute atomic E-state index is 0.341. The minimum atomic E-state index is -1.62. The van der Waals surface area contributed by atoms with Gasteiger partial charge in [-0.3, -0.25) is 4.79 Å². The summed E-state index contributed by atoms with van der Waals surface area (Å²) < 4.78 is 10.2. The van der Waals surface area contributed by atoms with Crippen LogP contribution in [0.15, 0.2) is 0 Å². The number of hydrogen-bond donors (Lipinski definition) is 4. The molecule has 0 spiro atoms. The standard InChI is InChI=1S/C17H32O7/c1-3-4-5-6-7-8-9-11(2)16(21)24-15-12(10-18)23-17(22)14(20)13(15)19/h11-15,17-20,22H,3-10H2,1-2H3. The molecular formula is C17H32O7. The summed E-state index contributed by atoms with van der Waals surface area (Å²) in [5, 5.41) is 38.3. The summed E-state index contributed by atoms with van der Waals surface area (Å²) in [5.74, 6) is -0.843. The maximum absolute atomic E-state index is 12.2. The lowest BCUT2D eigenvalue weighted by Crippen LogP contribution is -2.60. The van der Waals surface area contributed by atoms with Crippen LogP contribution in [0, 0.1) is 5.92 Å². The molecule has 1 aliphatic rings. The fourth-order valence-corrected chi connectivity index (χ4v) is 2.81. The van der Waals surface area contributed by atoms with E-state index in [-0.39, 0.29) is 5.92 Å². The van der Waals surface area contributed by atoms with E-state index >= 15 is 0 Å². The molecule has 1 saturated heterocycles. The van der Waals surface area contributed by atoms with E-state index in [1.807, 2.05) is 0 Å². The smallest absolute Gasteiger partial charge is 0.309 e. The minimum Gasteiger partial charge on any atom is -0.456 e. The van der Waals surface area contributed by atoms with Crippen LogP contribution >= 0.6 is 0 Å². The fourth-order valence-electron chi connectivity index (χ4n) is 2.81. The van der Waals surface area contributed by atoms with E-state index in [1.165, 1.54) is 19.3 Å². The number of carbonyl (C=O) groups excluding carboxylic acids is 1. The van der Waals surface area contributed by atoms with Crippen molar-refractivity contribution < 1.29 is 34.7 Å². The predicted molar refractivity (Wildman–Crippen MR) is 87.0 cm³/mol. The molecule has 4 N–H and O–H groups in total. The van der Waals surface area contributed by atoms with Gasteiger partial charge in [-0.05, 0) is 6.42 Å². The summed E-state index contributed by atoms with van der Waals surface area (Å²) in [4.78, 5) is 12.2. The average molecular weight is 348 g/mol. The number of rotatable bonds is 10.